The van der Waals surface area contributed by atoms with E-state index in [1.165, 1.54) is 27.6 Å². The molecule has 1 aliphatic rings. The zero-order valence-corrected chi connectivity index (χ0v) is 10.8. The van der Waals surface area contributed by atoms with Crippen molar-refractivity contribution in [2.24, 2.45) is 0 Å². The van der Waals surface area contributed by atoms with Crippen LogP contribution < -0.4 is 0 Å². The van der Waals surface area contributed by atoms with Crippen molar-refractivity contribution < 1.29 is 22.6 Å². The first kappa shape index (κ1) is 12.3. The summed E-state index contributed by atoms with van der Waals surface area (Å²) in [6, 6.07) is 9.51. The molecule has 0 N–H and O–H groups in total. The second-order valence-corrected chi connectivity index (χ2v) is 6.32. The maximum atomic E-state index is 5.67. The first-order valence-electron chi connectivity index (χ1n) is 5.03. The molecule has 0 bridgehead atoms. The zero-order chi connectivity index (χ0) is 12.4. The normalized spacial score (nSPS) is 22.8. The number of rotatable bonds is 4. The van der Waals surface area contributed by atoms with Crippen LogP contribution in [-0.2, 0) is 22.6 Å². The Morgan fingerprint density at radius 3 is 2.00 bits per heavy atom. The summed E-state index contributed by atoms with van der Waals surface area (Å²) in [5, 5.41) is 0. The van der Waals surface area contributed by atoms with Crippen molar-refractivity contribution in [3.05, 3.63) is 42.2 Å². The summed E-state index contributed by atoms with van der Waals surface area (Å²) in [5.74, 6) is 0.522. The van der Waals surface area contributed by atoms with Gasteiger partial charge in [-0.05, 0) is 0 Å². The summed E-state index contributed by atoms with van der Waals surface area (Å²) in [7, 11) is 0.353. The molecule has 94 valence electrons. The average Bonchev–Trinajstić information content (AvgIpc) is 2.82. The van der Waals surface area contributed by atoms with E-state index >= 15 is 0 Å². The Hall–Kier alpha value is -1.13. The van der Waals surface area contributed by atoms with Gasteiger partial charge < -0.3 is 0 Å². The van der Waals surface area contributed by atoms with Gasteiger partial charge in [0, 0.05) is 0 Å². The van der Waals surface area contributed by atoms with Gasteiger partial charge in [0.05, 0.1) is 0 Å². The molecule has 1 aliphatic heterocycles. The van der Waals surface area contributed by atoms with Gasteiger partial charge in [-0.2, -0.15) is 0 Å². The predicted octanol–water partition coefficient (Wildman–Crippen LogP) is 3.10. The molecular weight excluding hydrogens is 243 g/mol. The van der Waals surface area contributed by atoms with Gasteiger partial charge in [0.1, 0.15) is 0 Å². The van der Waals surface area contributed by atoms with E-state index in [2.05, 4.69) is 0 Å². The van der Waals surface area contributed by atoms with E-state index in [-0.39, 0.29) is 0 Å². The number of hydrogen-bond acceptors (Lipinski definition) is 5. The Balaban J connectivity index is 2.29. The second-order valence-electron chi connectivity index (χ2n) is 3.34. The molecule has 0 fully saturated rings. The molecule has 0 spiro atoms. The minimum atomic E-state index is -3.92. The third-order valence-corrected chi connectivity index (χ3v) is 5.27. The first-order valence-corrected chi connectivity index (χ1v) is 6.85. The molecule has 0 saturated carbocycles. The molecule has 6 heteroatoms. The molecule has 1 heterocycles. The van der Waals surface area contributed by atoms with E-state index in [0.29, 0.717) is 5.76 Å². The van der Waals surface area contributed by atoms with E-state index in [1.807, 2.05) is 30.3 Å². The molecule has 1 aromatic carbocycles. The van der Waals surface area contributed by atoms with Crippen LogP contribution in [-0.4, -0.2) is 21.3 Å². The van der Waals surface area contributed by atoms with Gasteiger partial charge >= 0.3 is 99.6 Å². The standard InChI is InChI=1S/C11H15O5P/c1-12-17(13-2,14-3)15-9-11(16-17)10-7-5-4-6-8-10/h4-9H,1-3H3. The quantitative estimate of drug-likeness (QED) is 0.776. The van der Waals surface area contributed by atoms with E-state index in [9.17, 15) is 0 Å². The van der Waals surface area contributed by atoms with E-state index in [4.69, 9.17) is 22.6 Å². The van der Waals surface area contributed by atoms with Crippen LogP contribution in [0, 0.1) is 0 Å². The van der Waals surface area contributed by atoms with Gasteiger partial charge in [-0.25, -0.2) is 0 Å². The summed E-state index contributed by atoms with van der Waals surface area (Å²) in [6.45, 7) is 0. The topological polar surface area (TPSA) is 46.2 Å². The minimum absolute atomic E-state index is 0.522. The van der Waals surface area contributed by atoms with Gasteiger partial charge in [0.15, 0.2) is 0 Å². The molecule has 0 amide bonds. The fourth-order valence-electron chi connectivity index (χ4n) is 1.53. The number of benzene rings is 1. The van der Waals surface area contributed by atoms with Crippen LogP contribution >= 0.6 is 7.74 Å². The van der Waals surface area contributed by atoms with Crippen molar-refractivity contribution in [3.63, 3.8) is 0 Å². The zero-order valence-electron chi connectivity index (χ0n) is 9.95. The van der Waals surface area contributed by atoms with Crippen LogP contribution in [0.5, 0.6) is 0 Å². The Kier molecular flexibility index (Phi) is 3.10. The van der Waals surface area contributed by atoms with Gasteiger partial charge in [0.25, 0.3) is 0 Å². The Morgan fingerprint density at radius 2 is 1.53 bits per heavy atom. The first-order chi connectivity index (χ1) is 8.17. The molecule has 0 atom stereocenters. The maximum absolute atomic E-state index is 5.67. The Morgan fingerprint density at radius 1 is 0.941 bits per heavy atom. The van der Waals surface area contributed by atoms with E-state index < -0.39 is 7.74 Å². The molecular formula is C11H15O5P. The summed E-state index contributed by atoms with van der Waals surface area (Å²) < 4.78 is 26.8. The van der Waals surface area contributed by atoms with Crippen LogP contribution in [0.2, 0.25) is 0 Å². The summed E-state index contributed by atoms with van der Waals surface area (Å²) in [5.41, 5.74) is 0.866. The van der Waals surface area contributed by atoms with Gasteiger partial charge in [-0.1, -0.05) is 0 Å². The molecule has 0 saturated heterocycles. The third-order valence-electron chi connectivity index (χ3n) is 2.53. The van der Waals surface area contributed by atoms with Crippen LogP contribution in [0.15, 0.2) is 36.6 Å². The van der Waals surface area contributed by atoms with E-state index in [0.717, 1.165) is 5.56 Å². The van der Waals surface area contributed by atoms with Crippen LogP contribution in [0.3, 0.4) is 0 Å². The molecule has 1 aromatic rings. The summed E-state index contributed by atoms with van der Waals surface area (Å²) in [6.07, 6.45) is 1.45. The monoisotopic (exact) mass is 258 g/mol. The van der Waals surface area contributed by atoms with Gasteiger partial charge in [0.2, 0.25) is 0 Å². The Bertz CT molecular complexity index is 416. The number of hydrogen-bond donors (Lipinski definition) is 0. The molecule has 17 heavy (non-hydrogen) atoms. The average molecular weight is 258 g/mol. The Labute approximate surface area is 100 Å². The fraction of sp³-hybridized carbons (Fsp3) is 0.273. The molecule has 0 unspecified atom stereocenters. The van der Waals surface area contributed by atoms with Gasteiger partial charge in [-0.3, -0.25) is 0 Å². The van der Waals surface area contributed by atoms with Crippen molar-refractivity contribution in [1.29, 1.82) is 0 Å². The van der Waals surface area contributed by atoms with Crippen molar-refractivity contribution in [2.75, 3.05) is 21.3 Å². The summed E-state index contributed by atoms with van der Waals surface area (Å²) in [4.78, 5) is 0. The van der Waals surface area contributed by atoms with Crippen molar-refractivity contribution in [1.82, 2.24) is 0 Å². The molecule has 0 radical (unpaired) electrons. The third kappa shape index (κ3) is 1.91. The second kappa shape index (κ2) is 4.27. The summed E-state index contributed by atoms with van der Waals surface area (Å²) >= 11 is 0. The molecule has 0 aliphatic carbocycles. The van der Waals surface area contributed by atoms with Crippen LogP contribution in [0.1, 0.15) is 5.56 Å². The fourth-order valence-corrected chi connectivity index (χ4v) is 3.23. The van der Waals surface area contributed by atoms with Gasteiger partial charge in [-0.15, -0.1) is 0 Å². The van der Waals surface area contributed by atoms with Crippen LogP contribution in [0.4, 0.5) is 0 Å². The van der Waals surface area contributed by atoms with Crippen LogP contribution in [0.25, 0.3) is 5.76 Å². The van der Waals surface area contributed by atoms with E-state index in [1.54, 1.807) is 0 Å². The van der Waals surface area contributed by atoms with Crippen molar-refractivity contribution >= 4 is 13.5 Å². The molecule has 2 rings (SSSR count). The van der Waals surface area contributed by atoms with Crippen molar-refractivity contribution in [2.45, 2.75) is 0 Å². The molecule has 0 aromatic heterocycles. The SMILES string of the molecule is COP1(OC)(OC)OC=C(c2ccccc2)O1. The van der Waals surface area contributed by atoms with Crippen molar-refractivity contribution in [3.8, 4) is 0 Å². The predicted molar refractivity (Wildman–Crippen MR) is 64.5 cm³/mol. The molecule has 5 nitrogen and oxygen atoms in total.